The third kappa shape index (κ3) is 3.10. The highest BCUT2D eigenvalue weighted by atomic mass is 35.5. The van der Waals surface area contributed by atoms with Crippen LogP contribution in [0.5, 0.6) is 0 Å². The molecule has 3 rings (SSSR count). The van der Waals surface area contributed by atoms with Gasteiger partial charge in [0.2, 0.25) is 10.0 Å². The van der Waals surface area contributed by atoms with Crippen molar-refractivity contribution < 1.29 is 8.42 Å². The molecule has 23 heavy (non-hydrogen) atoms. The molecule has 4 nitrogen and oxygen atoms in total. The summed E-state index contributed by atoms with van der Waals surface area (Å²) in [6.07, 6.45) is 0. The summed E-state index contributed by atoms with van der Waals surface area (Å²) in [6, 6.07) is 15.4. The van der Waals surface area contributed by atoms with Gasteiger partial charge in [-0.2, -0.15) is 9.57 Å². The minimum atomic E-state index is -3.73. The van der Waals surface area contributed by atoms with Crippen molar-refractivity contribution in [3.05, 3.63) is 64.7 Å². The number of benzene rings is 2. The maximum atomic E-state index is 13.0. The Morgan fingerprint density at radius 2 is 1.87 bits per heavy atom. The van der Waals surface area contributed by atoms with Gasteiger partial charge < -0.3 is 0 Å². The highest BCUT2D eigenvalue weighted by Crippen LogP contribution is 2.41. The number of nitriles is 1. The van der Waals surface area contributed by atoms with E-state index in [2.05, 4.69) is 0 Å². The quantitative estimate of drug-likeness (QED) is 0.834. The first-order valence-electron chi connectivity index (χ1n) is 6.92. The third-order valence-electron chi connectivity index (χ3n) is 3.60. The molecule has 0 amide bonds. The molecule has 0 aromatic heterocycles. The molecule has 0 spiro atoms. The van der Waals surface area contributed by atoms with Gasteiger partial charge in [-0.05, 0) is 29.8 Å². The average Bonchev–Trinajstić information content (AvgIpc) is 3.06. The molecule has 0 radical (unpaired) electrons. The van der Waals surface area contributed by atoms with Gasteiger partial charge in [0, 0.05) is 17.3 Å². The zero-order valence-corrected chi connectivity index (χ0v) is 14.4. The lowest BCUT2D eigenvalue weighted by atomic mass is 10.2. The standard InChI is InChI=1S/C16H13ClN2O2S2/c17-14-7-5-12(6-8-14)16-19(9-10-22-16)23(20,21)15-4-2-1-3-13(15)11-18/h1-8,16H,9-10H2. The van der Waals surface area contributed by atoms with Crippen molar-refractivity contribution >= 4 is 33.4 Å². The van der Waals surface area contributed by atoms with E-state index in [9.17, 15) is 13.7 Å². The van der Waals surface area contributed by atoms with Crippen LogP contribution in [0, 0.1) is 11.3 Å². The first kappa shape index (κ1) is 16.3. The molecule has 7 heteroatoms. The molecule has 0 bridgehead atoms. The second kappa shape index (κ2) is 6.54. The Balaban J connectivity index is 2.02. The van der Waals surface area contributed by atoms with Gasteiger partial charge in [-0.1, -0.05) is 35.9 Å². The normalized spacial score (nSPS) is 18.7. The summed E-state index contributed by atoms with van der Waals surface area (Å²) in [4.78, 5) is 0.0592. The monoisotopic (exact) mass is 364 g/mol. The Bertz CT molecular complexity index is 860. The van der Waals surface area contributed by atoms with Crippen molar-refractivity contribution in [2.75, 3.05) is 12.3 Å². The van der Waals surface area contributed by atoms with Gasteiger partial charge in [0.25, 0.3) is 0 Å². The maximum Gasteiger partial charge on any atom is 0.245 e. The molecule has 1 heterocycles. The summed E-state index contributed by atoms with van der Waals surface area (Å²) in [5, 5.41) is 9.50. The second-order valence-corrected chi connectivity index (χ2v) is 8.48. The van der Waals surface area contributed by atoms with Gasteiger partial charge in [0.05, 0.1) is 15.8 Å². The molecule has 1 unspecified atom stereocenters. The van der Waals surface area contributed by atoms with E-state index in [4.69, 9.17) is 11.6 Å². The van der Waals surface area contributed by atoms with Crippen molar-refractivity contribution in [1.82, 2.24) is 4.31 Å². The summed E-state index contributed by atoms with van der Waals surface area (Å²) in [7, 11) is -3.73. The lowest BCUT2D eigenvalue weighted by Gasteiger charge is -2.24. The van der Waals surface area contributed by atoms with Crippen LogP contribution in [0.3, 0.4) is 0 Å². The number of rotatable bonds is 3. The van der Waals surface area contributed by atoms with Crippen LogP contribution in [0.1, 0.15) is 16.5 Å². The predicted molar refractivity (Wildman–Crippen MR) is 91.7 cm³/mol. The molecular weight excluding hydrogens is 352 g/mol. The van der Waals surface area contributed by atoms with E-state index in [-0.39, 0.29) is 15.8 Å². The number of hydrogen-bond acceptors (Lipinski definition) is 4. The van der Waals surface area contributed by atoms with Crippen LogP contribution in [0.4, 0.5) is 0 Å². The van der Waals surface area contributed by atoms with E-state index in [1.807, 2.05) is 18.2 Å². The minimum absolute atomic E-state index is 0.0592. The average molecular weight is 365 g/mol. The van der Waals surface area contributed by atoms with Crippen LogP contribution in [-0.2, 0) is 10.0 Å². The zero-order valence-electron chi connectivity index (χ0n) is 12.0. The van der Waals surface area contributed by atoms with E-state index in [1.54, 1.807) is 36.0 Å². The van der Waals surface area contributed by atoms with Gasteiger partial charge in [0.1, 0.15) is 6.07 Å². The number of thioether (sulfide) groups is 1. The van der Waals surface area contributed by atoms with E-state index in [1.165, 1.54) is 16.4 Å². The zero-order chi connectivity index (χ0) is 16.4. The van der Waals surface area contributed by atoms with Crippen molar-refractivity contribution in [1.29, 1.82) is 5.26 Å². The van der Waals surface area contributed by atoms with Gasteiger partial charge >= 0.3 is 0 Å². The summed E-state index contributed by atoms with van der Waals surface area (Å²) >= 11 is 7.47. The van der Waals surface area contributed by atoms with Gasteiger partial charge in [-0.25, -0.2) is 8.42 Å². The lowest BCUT2D eigenvalue weighted by Crippen LogP contribution is -2.31. The Kier molecular flexibility index (Phi) is 4.64. The number of nitrogens with zero attached hydrogens (tertiary/aromatic N) is 2. The minimum Gasteiger partial charge on any atom is -0.207 e. The van der Waals surface area contributed by atoms with Crippen LogP contribution >= 0.6 is 23.4 Å². The maximum absolute atomic E-state index is 13.0. The Hall–Kier alpha value is -1.52. The highest BCUT2D eigenvalue weighted by molar-refractivity contribution is 8.01. The number of sulfonamides is 1. The molecule has 1 fully saturated rings. The summed E-state index contributed by atoms with van der Waals surface area (Å²) < 4.78 is 27.5. The van der Waals surface area contributed by atoms with Crippen LogP contribution in [0.2, 0.25) is 5.02 Å². The molecule has 1 aliphatic heterocycles. The van der Waals surface area contributed by atoms with E-state index in [0.29, 0.717) is 17.3 Å². The first-order valence-corrected chi connectivity index (χ1v) is 9.79. The van der Waals surface area contributed by atoms with Gasteiger partial charge in [0.15, 0.2) is 0 Å². The molecule has 118 valence electrons. The van der Waals surface area contributed by atoms with Crippen LogP contribution in [0.25, 0.3) is 0 Å². The van der Waals surface area contributed by atoms with Crippen LogP contribution in [-0.4, -0.2) is 25.0 Å². The van der Waals surface area contributed by atoms with Crippen molar-refractivity contribution in [2.24, 2.45) is 0 Å². The fourth-order valence-electron chi connectivity index (χ4n) is 2.50. The molecule has 2 aromatic rings. The molecule has 1 aliphatic rings. The fraction of sp³-hybridized carbons (Fsp3) is 0.188. The SMILES string of the molecule is N#Cc1ccccc1S(=O)(=O)N1CCSC1c1ccc(Cl)cc1. The largest absolute Gasteiger partial charge is 0.245 e. The fourth-order valence-corrected chi connectivity index (χ4v) is 6.01. The van der Waals surface area contributed by atoms with Crippen molar-refractivity contribution in [3.63, 3.8) is 0 Å². The smallest absolute Gasteiger partial charge is 0.207 e. The van der Waals surface area contributed by atoms with Crippen LogP contribution < -0.4 is 0 Å². The van der Waals surface area contributed by atoms with E-state index in [0.717, 1.165) is 5.56 Å². The van der Waals surface area contributed by atoms with Crippen LogP contribution in [0.15, 0.2) is 53.4 Å². The van der Waals surface area contributed by atoms with E-state index < -0.39 is 10.0 Å². The molecule has 0 saturated carbocycles. The van der Waals surface area contributed by atoms with Crippen molar-refractivity contribution in [3.8, 4) is 6.07 Å². The highest BCUT2D eigenvalue weighted by Gasteiger charge is 2.37. The molecule has 2 aromatic carbocycles. The molecule has 0 N–H and O–H groups in total. The Morgan fingerprint density at radius 3 is 2.57 bits per heavy atom. The topological polar surface area (TPSA) is 61.2 Å². The molecule has 1 atom stereocenters. The number of halogens is 1. The van der Waals surface area contributed by atoms with E-state index >= 15 is 0 Å². The summed E-state index contributed by atoms with van der Waals surface area (Å²) in [5.74, 6) is 0.710. The Labute approximate surface area is 144 Å². The molecule has 1 saturated heterocycles. The lowest BCUT2D eigenvalue weighted by molar-refractivity contribution is 0.434. The number of hydrogen-bond donors (Lipinski definition) is 0. The predicted octanol–water partition coefficient (Wildman–Crippen LogP) is 3.65. The summed E-state index contributed by atoms with van der Waals surface area (Å²) in [5.41, 5.74) is 1.05. The molecular formula is C16H13ClN2O2S2. The van der Waals surface area contributed by atoms with Gasteiger partial charge in [-0.15, -0.1) is 11.8 Å². The third-order valence-corrected chi connectivity index (χ3v) is 7.17. The summed E-state index contributed by atoms with van der Waals surface area (Å²) in [6.45, 7) is 0.417. The second-order valence-electron chi connectivity index (χ2n) is 5.00. The Morgan fingerprint density at radius 1 is 1.17 bits per heavy atom. The first-order chi connectivity index (χ1) is 11.0. The van der Waals surface area contributed by atoms with Gasteiger partial charge in [-0.3, -0.25) is 0 Å². The van der Waals surface area contributed by atoms with Crippen molar-refractivity contribution in [2.45, 2.75) is 10.3 Å². The molecule has 0 aliphatic carbocycles.